The van der Waals surface area contributed by atoms with E-state index in [1.54, 1.807) is 0 Å². The molecule has 3 aromatic rings. The molecule has 2 N–H and O–H groups in total. The first-order chi connectivity index (χ1) is 13.5. The maximum absolute atomic E-state index is 15.2. The topological polar surface area (TPSA) is 71.3 Å². The maximum atomic E-state index is 15.2. The molecule has 2 heterocycles. The average Bonchev–Trinajstić information content (AvgIpc) is 3.39. The van der Waals surface area contributed by atoms with E-state index >= 15 is 4.39 Å². The van der Waals surface area contributed by atoms with E-state index in [0.717, 1.165) is 37.1 Å². The van der Waals surface area contributed by atoms with Gasteiger partial charge >= 0.3 is 5.97 Å². The van der Waals surface area contributed by atoms with Gasteiger partial charge in [-0.1, -0.05) is 12.1 Å². The van der Waals surface area contributed by atoms with E-state index in [1.165, 1.54) is 17.8 Å². The zero-order valence-corrected chi connectivity index (χ0v) is 17.5. The largest absolute Gasteiger partial charge is 0.477 e. The number of carbonyl (C=O) groups is 1. The van der Waals surface area contributed by atoms with Gasteiger partial charge in [0, 0.05) is 36.3 Å². The number of benzene rings is 2. The Hall–Kier alpha value is -2.51. The standard InChI is InChI=1S/C22H19FN2O3.BrH/c1-11-19(12-2-3-13-8-24-9-14(13)6-12)18(23)7-16-20(11)25(15-4-5-15)10-17(21(16)26)22(27)28;/h2-3,6-7,10,15,24H,4-5,8-9H2,1H3,(H,27,28);1H. The molecule has 150 valence electrons. The SMILES string of the molecule is Br.Cc1c(-c2ccc3c(c2)CNC3)c(F)cc2c(=O)c(C(=O)O)cn(C3CC3)c12. The van der Waals surface area contributed by atoms with Gasteiger partial charge in [-0.2, -0.15) is 0 Å². The molecule has 0 bridgehead atoms. The quantitative estimate of drug-likeness (QED) is 0.612. The van der Waals surface area contributed by atoms with Crippen molar-refractivity contribution in [2.45, 2.75) is 38.9 Å². The Morgan fingerprint density at radius 3 is 2.62 bits per heavy atom. The van der Waals surface area contributed by atoms with Crippen LogP contribution < -0.4 is 10.7 Å². The van der Waals surface area contributed by atoms with Crippen molar-refractivity contribution in [3.05, 3.63) is 68.8 Å². The van der Waals surface area contributed by atoms with Gasteiger partial charge in [0.1, 0.15) is 11.4 Å². The summed E-state index contributed by atoms with van der Waals surface area (Å²) in [5.41, 5.74) is 3.96. The van der Waals surface area contributed by atoms with Crippen molar-refractivity contribution in [3.63, 3.8) is 0 Å². The molecule has 0 unspecified atom stereocenters. The molecule has 0 atom stereocenters. The number of carboxylic acids is 1. The van der Waals surface area contributed by atoms with E-state index in [1.807, 2.05) is 29.7 Å². The summed E-state index contributed by atoms with van der Waals surface area (Å²) in [6.07, 6.45) is 3.27. The summed E-state index contributed by atoms with van der Waals surface area (Å²) in [5, 5.41) is 12.8. The fourth-order valence-corrected chi connectivity index (χ4v) is 4.28. The molecule has 1 aliphatic carbocycles. The number of fused-ring (bicyclic) bond motifs is 2. The van der Waals surface area contributed by atoms with Crippen molar-refractivity contribution in [2.24, 2.45) is 0 Å². The third kappa shape index (κ3) is 3.09. The second kappa shape index (κ2) is 7.07. The normalized spacial score (nSPS) is 15.2. The van der Waals surface area contributed by atoms with Crippen LogP contribution in [-0.4, -0.2) is 15.6 Å². The number of hydrogen-bond donors (Lipinski definition) is 2. The van der Waals surface area contributed by atoms with Crippen LogP contribution in [0, 0.1) is 12.7 Å². The van der Waals surface area contributed by atoms with Gasteiger partial charge in [-0.3, -0.25) is 4.79 Å². The molecular formula is C22H20BrFN2O3. The third-order valence-electron chi connectivity index (χ3n) is 5.81. The molecule has 29 heavy (non-hydrogen) atoms. The predicted octanol–water partition coefficient (Wildman–Crippen LogP) is 4.33. The smallest absolute Gasteiger partial charge is 0.341 e. The zero-order valence-electron chi connectivity index (χ0n) is 15.8. The maximum Gasteiger partial charge on any atom is 0.341 e. The lowest BCUT2D eigenvalue weighted by Gasteiger charge is -2.18. The van der Waals surface area contributed by atoms with Crippen molar-refractivity contribution in [1.29, 1.82) is 0 Å². The molecule has 2 aromatic carbocycles. The van der Waals surface area contributed by atoms with Crippen LogP contribution in [0.1, 0.15) is 45.9 Å². The zero-order chi connectivity index (χ0) is 19.6. The number of nitrogens with zero attached hydrogens (tertiary/aromatic N) is 1. The fraction of sp³-hybridized carbons (Fsp3) is 0.273. The molecule has 0 amide bonds. The third-order valence-corrected chi connectivity index (χ3v) is 5.81. The molecule has 1 aliphatic heterocycles. The van der Waals surface area contributed by atoms with Crippen LogP contribution >= 0.6 is 17.0 Å². The Bertz CT molecular complexity index is 1230. The number of aromatic carboxylic acids is 1. The van der Waals surface area contributed by atoms with E-state index < -0.39 is 17.2 Å². The van der Waals surface area contributed by atoms with Gasteiger partial charge in [0.25, 0.3) is 0 Å². The average molecular weight is 459 g/mol. The molecule has 5 nitrogen and oxygen atoms in total. The highest BCUT2D eigenvalue weighted by molar-refractivity contribution is 8.93. The number of hydrogen-bond acceptors (Lipinski definition) is 3. The van der Waals surface area contributed by atoms with Gasteiger partial charge in [0.15, 0.2) is 0 Å². The molecule has 1 aromatic heterocycles. The first-order valence-electron chi connectivity index (χ1n) is 9.40. The Kier molecular flexibility index (Phi) is 4.83. The summed E-state index contributed by atoms with van der Waals surface area (Å²) in [6.45, 7) is 3.38. The molecule has 0 saturated heterocycles. The van der Waals surface area contributed by atoms with E-state index in [-0.39, 0.29) is 34.0 Å². The van der Waals surface area contributed by atoms with Gasteiger partial charge in [-0.15, -0.1) is 17.0 Å². The molecular weight excluding hydrogens is 439 g/mol. The first kappa shape index (κ1) is 19.8. The summed E-state index contributed by atoms with van der Waals surface area (Å²) >= 11 is 0. The highest BCUT2D eigenvalue weighted by atomic mass is 79.9. The second-order valence-corrected chi connectivity index (χ2v) is 7.66. The Morgan fingerprint density at radius 1 is 1.21 bits per heavy atom. The summed E-state index contributed by atoms with van der Waals surface area (Å²) in [7, 11) is 0. The Morgan fingerprint density at radius 2 is 1.93 bits per heavy atom. The monoisotopic (exact) mass is 458 g/mol. The lowest BCUT2D eigenvalue weighted by Crippen LogP contribution is -2.19. The predicted molar refractivity (Wildman–Crippen MR) is 114 cm³/mol. The van der Waals surface area contributed by atoms with Crippen molar-refractivity contribution in [2.75, 3.05) is 0 Å². The van der Waals surface area contributed by atoms with E-state index in [2.05, 4.69) is 5.32 Å². The van der Waals surface area contributed by atoms with E-state index in [9.17, 15) is 14.7 Å². The number of rotatable bonds is 3. The van der Waals surface area contributed by atoms with Gasteiger partial charge in [0.05, 0.1) is 5.52 Å². The van der Waals surface area contributed by atoms with Crippen molar-refractivity contribution in [3.8, 4) is 11.1 Å². The number of nitrogens with one attached hydrogen (secondary N) is 1. The molecule has 0 radical (unpaired) electrons. The summed E-state index contributed by atoms with van der Waals surface area (Å²) < 4.78 is 17.0. The number of aryl methyl sites for hydroxylation is 1. The van der Waals surface area contributed by atoms with Crippen LogP contribution in [-0.2, 0) is 13.1 Å². The number of halogens is 2. The summed E-state index contributed by atoms with van der Waals surface area (Å²) in [5.74, 6) is -1.78. The molecule has 7 heteroatoms. The summed E-state index contributed by atoms with van der Waals surface area (Å²) in [6, 6.07) is 7.28. The van der Waals surface area contributed by atoms with E-state index in [4.69, 9.17) is 0 Å². The van der Waals surface area contributed by atoms with Crippen LogP contribution in [0.25, 0.3) is 22.0 Å². The minimum atomic E-state index is -1.28. The minimum absolute atomic E-state index is 0. The molecule has 5 rings (SSSR count). The minimum Gasteiger partial charge on any atom is -0.477 e. The highest BCUT2D eigenvalue weighted by Crippen LogP contribution is 2.40. The number of aromatic nitrogens is 1. The van der Waals surface area contributed by atoms with Crippen molar-refractivity contribution in [1.82, 2.24) is 9.88 Å². The Balaban J connectivity index is 0.00000205. The summed E-state index contributed by atoms with van der Waals surface area (Å²) in [4.78, 5) is 24.2. The lowest BCUT2D eigenvalue weighted by atomic mass is 9.94. The van der Waals surface area contributed by atoms with Gasteiger partial charge in [0.2, 0.25) is 5.43 Å². The van der Waals surface area contributed by atoms with Crippen LogP contribution in [0.4, 0.5) is 4.39 Å². The lowest BCUT2D eigenvalue weighted by molar-refractivity contribution is 0.0695. The Labute approximate surface area is 176 Å². The van der Waals surface area contributed by atoms with Gasteiger partial charge in [-0.25, -0.2) is 9.18 Å². The van der Waals surface area contributed by atoms with Crippen LogP contribution in [0.5, 0.6) is 0 Å². The van der Waals surface area contributed by atoms with Crippen LogP contribution in [0.3, 0.4) is 0 Å². The molecule has 1 saturated carbocycles. The second-order valence-electron chi connectivity index (χ2n) is 7.66. The van der Waals surface area contributed by atoms with Crippen LogP contribution in [0.15, 0.2) is 35.3 Å². The van der Waals surface area contributed by atoms with E-state index in [0.29, 0.717) is 16.6 Å². The molecule has 1 fully saturated rings. The fourth-order valence-electron chi connectivity index (χ4n) is 4.28. The van der Waals surface area contributed by atoms with Crippen molar-refractivity contribution < 1.29 is 14.3 Å². The molecule has 0 spiro atoms. The number of carboxylic acid groups (broad SMARTS) is 1. The van der Waals surface area contributed by atoms with Crippen LogP contribution in [0.2, 0.25) is 0 Å². The first-order valence-corrected chi connectivity index (χ1v) is 9.40. The highest BCUT2D eigenvalue weighted by Gasteiger charge is 2.29. The van der Waals surface area contributed by atoms with Gasteiger partial charge in [-0.05, 0) is 54.2 Å². The number of pyridine rings is 1. The van der Waals surface area contributed by atoms with Crippen molar-refractivity contribution >= 4 is 33.9 Å². The molecule has 2 aliphatic rings. The van der Waals surface area contributed by atoms with Gasteiger partial charge < -0.3 is 15.0 Å².